The Labute approximate surface area is 355 Å². The lowest BCUT2D eigenvalue weighted by molar-refractivity contribution is -0.0432. The molecule has 22 heteroatoms. The van der Waals surface area contributed by atoms with Gasteiger partial charge in [-0.15, -0.1) is 0 Å². The number of aliphatic hydroxyl groups is 2. The van der Waals surface area contributed by atoms with Gasteiger partial charge in [0.1, 0.15) is 36.2 Å². The lowest BCUT2D eigenvalue weighted by atomic mass is 10.1. The summed E-state index contributed by atoms with van der Waals surface area (Å²) in [6, 6.07) is 11.3. The molecule has 0 spiro atoms. The van der Waals surface area contributed by atoms with E-state index in [9.17, 15) is 48.3 Å². The Morgan fingerprint density at radius 1 is 0.645 bits per heavy atom. The molecule has 4 aromatic rings. The van der Waals surface area contributed by atoms with Crippen molar-refractivity contribution >= 4 is 26.0 Å². The Balaban J connectivity index is 0.858. The van der Waals surface area contributed by atoms with Crippen LogP contribution in [0.25, 0.3) is 10.8 Å². The SMILES string of the molecule is Cc1cn([C@H]2C[C@H](OP(=O)(O)CCCCCOc3ccc4cc(OCCCCCP(=O)(O)O[C@H]5C[C@H](n6cc(C)c(=O)[nH]c6=O)O[C@@H]5CO)ccc4c3)[C@@H](CO)O2)c(=O)[nH]c1=O. The number of nitrogens with zero attached hydrogens (tertiary/aromatic N) is 2. The second-order valence-electron chi connectivity index (χ2n) is 15.6. The molecular weight excluding hydrogens is 854 g/mol. The van der Waals surface area contributed by atoms with Gasteiger partial charge in [0.2, 0.25) is 0 Å². The van der Waals surface area contributed by atoms with E-state index >= 15 is 0 Å². The van der Waals surface area contributed by atoms with Crippen molar-refractivity contribution in [2.24, 2.45) is 0 Å². The average Bonchev–Trinajstić information content (AvgIpc) is 3.82. The molecule has 2 aromatic heterocycles. The van der Waals surface area contributed by atoms with E-state index in [-0.39, 0.29) is 36.3 Å². The predicted octanol–water partition coefficient (Wildman–Crippen LogP) is 3.36. The summed E-state index contributed by atoms with van der Waals surface area (Å²) < 4.78 is 62.4. The van der Waals surface area contributed by atoms with Crippen molar-refractivity contribution < 1.29 is 57.1 Å². The third-order valence-electron chi connectivity index (χ3n) is 10.7. The van der Waals surface area contributed by atoms with Crippen molar-refractivity contribution in [1.29, 1.82) is 0 Å². The maximum atomic E-state index is 12.9. The largest absolute Gasteiger partial charge is 0.494 e. The molecule has 6 N–H and O–H groups in total. The second-order valence-corrected chi connectivity index (χ2v) is 19.4. The van der Waals surface area contributed by atoms with Crippen LogP contribution in [0.3, 0.4) is 0 Å². The van der Waals surface area contributed by atoms with E-state index in [0.717, 1.165) is 10.8 Å². The summed E-state index contributed by atoms with van der Waals surface area (Å²) >= 11 is 0. The molecule has 2 unspecified atom stereocenters. The zero-order valence-electron chi connectivity index (χ0n) is 34.5. The van der Waals surface area contributed by atoms with Crippen LogP contribution < -0.4 is 32.0 Å². The van der Waals surface area contributed by atoms with E-state index in [1.807, 2.05) is 36.4 Å². The lowest BCUT2D eigenvalue weighted by Gasteiger charge is -2.20. The number of nitrogens with one attached hydrogen (secondary N) is 2. The number of aliphatic hydroxyl groups excluding tert-OH is 2. The fraction of sp³-hybridized carbons (Fsp3) is 0.550. The van der Waals surface area contributed by atoms with Crippen molar-refractivity contribution in [3.05, 3.63) is 102 Å². The monoisotopic (exact) mass is 908 g/mol. The predicted molar refractivity (Wildman–Crippen MR) is 225 cm³/mol. The highest BCUT2D eigenvalue weighted by Crippen LogP contribution is 2.49. The van der Waals surface area contributed by atoms with Gasteiger partial charge < -0.3 is 48.0 Å². The number of ether oxygens (including phenoxy) is 4. The second kappa shape index (κ2) is 21.0. The van der Waals surface area contributed by atoms with E-state index < -0.39 is 87.8 Å². The summed E-state index contributed by atoms with van der Waals surface area (Å²) in [6.07, 6.45) is 0.290. The molecule has 2 fully saturated rings. The molecule has 340 valence electrons. The molecule has 8 atom stereocenters. The normalized spacial score (nSPS) is 23.3. The van der Waals surface area contributed by atoms with E-state index in [0.29, 0.717) is 63.2 Å². The number of hydrogen-bond donors (Lipinski definition) is 6. The maximum absolute atomic E-state index is 12.9. The fourth-order valence-corrected chi connectivity index (χ4v) is 10.1. The molecule has 0 saturated carbocycles. The molecule has 20 nitrogen and oxygen atoms in total. The first-order chi connectivity index (χ1) is 29.5. The molecule has 62 heavy (non-hydrogen) atoms. The van der Waals surface area contributed by atoms with Crippen LogP contribution in [0.2, 0.25) is 0 Å². The molecule has 0 radical (unpaired) electrons. The number of benzene rings is 2. The van der Waals surface area contributed by atoms with Crippen molar-refractivity contribution in [1.82, 2.24) is 19.1 Å². The van der Waals surface area contributed by atoms with Crippen LogP contribution in [0.15, 0.2) is 68.0 Å². The van der Waals surface area contributed by atoms with Crippen molar-refractivity contribution in [3.8, 4) is 11.5 Å². The smallest absolute Gasteiger partial charge is 0.330 e. The molecule has 2 aliphatic rings. The van der Waals surface area contributed by atoms with Gasteiger partial charge in [0.05, 0.1) is 38.6 Å². The van der Waals surface area contributed by atoms with E-state index in [1.54, 1.807) is 0 Å². The Kier molecular flexibility index (Phi) is 16.0. The molecular formula is C40H54N4O16P2. The molecule has 0 amide bonds. The maximum Gasteiger partial charge on any atom is 0.330 e. The molecule has 2 aliphatic heterocycles. The van der Waals surface area contributed by atoms with Crippen molar-refractivity contribution in [3.63, 3.8) is 0 Å². The fourth-order valence-electron chi connectivity index (χ4n) is 7.36. The third kappa shape index (κ3) is 12.5. The average molecular weight is 909 g/mol. The summed E-state index contributed by atoms with van der Waals surface area (Å²) in [5, 5.41) is 21.4. The number of unbranched alkanes of at least 4 members (excludes halogenated alkanes) is 4. The molecule has 2 aromatic carbocycles. The van der Waals surface area contributed by atoms with Crippen LogP contribution in [0.1, 0.15) is 74.9 Å². The number of aryl methyl sites for hydroxylation is 2. The highest BCUT2D eigenvalue weighted by atomic mass is 31.2. The van der Waals surface area contributed by atoms with Gasteiger partial charge >= 0.3 is 26.6 Å². The minimum absolute atomic E-state index is 0.0363. The zero-order chi connectivity index (χ0) is 44.6. The van der Waals surface area contributed by atoms with Gasteiger partial charge in [-0.25, -0.2) is 9.59 Å². The quantitative estimate of drug-likeness (QED) is 0.0487. The Morgan fingerprint density at radius 2 is 1.05 bits per heavy atom. The van der Waals surface area contributed by atoms with Crippen LogP contribution in [-0.4, -0.2) is 102 Å². The highest BCUT2D eigenvalue weighted by molar-refractivity contribution is 7.53. The van der Waals surface area contributed by atoms with Crippen LogP contribution in [0, 0.1) is 13.8 Å². The first kappa shape index (κ1) is 47.3. The van der Waals surface area contributed by atoms with E-state index in [2.05, 4.69) is 9.97 Å². The van der Waals surface area contributed by atoms with E-state index in [1.165, 1.54) is 35.4 Å². The Morgan fingerprint density at radius 3 is 1.44 bits per heavy atom. The first-order valence-electron chi connectivity index (χ1n) is 20.5. The number of hydrogen-bond acceptors (Lipinski definition) is 14. The van der Waals surface area contributed by atoms with Crippen molar-refractivity contribution in [2.75, 3.05) is 38.8 Å². The van der Waals surface area contributed by atoms with Gasteiger partial charge in [-0.3, -0.25) is 37.8 Å². The molecule has 0 aliphatic carbocycles. The first-order valence-corrected chi connectivity index (χ1v) is 24.0. The molecule has 2 saturated heterocycles. The van der Waals surface area contributed by atoms with Crippen LogP contribution in [0.5, 0.6) is 11.5 Å². The number of fused-ring (bicyclic) bond motifs is 1. The number of aromatic amines is 2. The van der Waals surface area contributed by atoms with Gasteiger partial charge in [-0.1, -0.05) is 12.1 Å². The van der Waals surface area contributed by atoms with Crippen LogP contribution in [-0.2, 0) is 27.7 Å². The third-order valence-corrected chi connectivity index (χ3v) is 13.7. The summed E-state index contributed by atoms with van der Waals surface area (Å²) in [6.45, 7) is 2.87. The number of aromatic nitrogens is 4. The minimum Gasteiger partial charge on any atom is -0.494 e. The zero-order valence-corrected chi connectivity index (χ0v) is 36.2. The molecule has 6 rings (SSSR count). The van der Waals surface area contributed by atoms with Gasteiger partial charge in [-0.2, -0.15) is 0 Å². The summed E-state index contributed by atoms with van der Waals surface area (Å²) in [5.41, 5.74) is -1.86. The lowest BCUT2D eigenvalue weighted by Crippen LogP contribution is -2.33. The van der Waals surface area contributed by atoms with Gasteiger partial charge in [0.15, 0.2) is 0 Å². The summed E-state index contributed by atoms with van der Waals surface area (Å²) in [4.78, 5) is 73.5. The van der Waals surface area contributed by atoms with Crippen LogP contribution >= 0.6 is 15.2 Å². The summed E-state index contributed by atoms with van der Waals surface area (Å²) in [7, 11) is -8.10. The van der Waals surface area contributed by atoms with Crippen LogP contribution in [0.4, 0.5) is 0 Å². The summed E-state index contributed by atoms with van der Waals surface area (Å²) in [5.74, 6) is 1.34. The Bertz CT molecular complexity index is 2330. The van der Waals surface area contributed by atoms with Gasteiger partial charge in [0, 0.05) is 48.7 Å². The standard InChI is InChI=1S/C40H54N4O16P2/c1-25-21-43(39(49)41-37(25)47)35-19-31(33(23-45)57-35)59-61(51,52)15-7-3-5-13-55-29-11-9-28-18-30(12-10-27(28)17-29)56-14-6-4-8-16-62(53,54)60-32-20-36(58-34(32)24-46)44-22-26(2)38(48)42-40(44)50/h9-12,17-18,21-22,31-36,45-46H,3-8,13-16,19-20,23-24H2,1-2H3,(H,51,52)(H,53,54)(H,41,47,49)(H,42,48,50)/t31-,32-,33+,34+,35+,36+/m0/s1. The number of H-pyrrole nitrogens is 2. The van der Waals surface area contributed by atoms with Gasteiger partial charge in [-0.05, 0) is 87.4 Å². The Hall–Kier alpha value is -4.20. The highest BCUT2D eigenvalue weighted by Gasteiger charge is 2.42. The van der Waals surface area contributed by atoms with E-state index in [4.69, 9.17) is 28.0 Å². The topological polar surface area (TPSA) is 280 Å². The van der Waals surface area contributed by atoms with Gasteiger partial charge in [0.25, 0.3) is 11.1 Å². The van der Waals surface area contributed by atoms with Crippen molar-refractivity contribution in [2.45, 2.75) is 102 Å². The molecule has 4 heterocycles. The molecule has 0 bridgehead atoms. The minimum atomic E-state index is -4.05. The number of rotatable bonds is 22.